The van der Waals surface area contributed by atoms with E-state index in [0.717, 1.165) is 17.7 Å². The second kappa shape index (κ2) is 12.7. The topological polar surface area (TPSA) is 117 Å². The van der Waals surface area contributed by atoms with E-state index in [4.69, 9.17) is 4.74 Å². The van der Waals surface area contributed by atoms with Gasteiger partial charge in [-0.15, -0.1) is 0 Å². The molecular formula is C27H28F4N8O2. The summed E-state index contributed by atoms with van der Waals surface area (Å²) in [6, 6.07) is 7.88. The Kier molecular flexibility index (Phi) is 9.12. The summed E-state index contributed by atoms with van der Waals surface area (Å²) in [6.45, 7) is 1.91. The second-order valence-corrected chi connectivity index (χ2v) is 9.27. The summed E-state index contributed by atoms with van der Waals surface area (Å²) in [5, 5.41) is 8.42. The van der Waals surface area contributed by atoms with Gasteiger partial charge in [0.05, 0.1) is 11.8 Å². The van der Waals surface area contributed by atoms with E-state index >= 15 is 0 Å². The lowest BCUT2D eigenvalue weighted by molar-refractivity contribution is -0.137. The van der Waals surface area contributed by atoms with Crippen LogP contribution >= 0.6 is 0 Å². The van der Waals surface area contributed by atoms with Crippen molar-refractivity contribution >= 4 is 40.1 Å². The van der Waals surface area contributed by atoms with Gasteiger partial charge in [-0.25, -0.2) is 24.3 Å². The summed E-state index contributed by atoms with van der Waals surface area (Å²) in [7, 11) is 3.63. The van der Waals surface area contributed by atoms with Crippen molar-refractivity contribution in [3.63, 3.8) is 0 Å². The number of halogens is 4. The van der Waals surface area contributed by atoms with Gasteiger partial charge >= 0.3 is 6.18 Å². The van der Waals surface area contributed by atoms with Crippen LogP contribution in [0.25, 0.3) is 11.0 Å². The number of amides is 1. The monoisotopic (exact) mass is 572 g/mol. The Morgan fingerprint density at radius 1 is 1.07 bits per heavy atom. The Labute approximate surface area is 233 Å². The molecule has 14 heteroatoms. The van der Waals surface area contributed by atoms with Crippen molar-refractivity contribution in [2.24, 2.45) is 0 Å². The van der Waals surface area contributed by atoms with E-state index < -0.39 is 24.3 Å². The molecule has 0 saturated carbocycles. The van der Waals surface area contributed by atoms with Crippen molar-refractivity contribution in [3.05, 3.63) is 65.6 Å². The molecule has 0 atom stereocenters. The van der Waals surface area contributed by atoms with Crippen LogP contribution in [0.2, 0.25) is 0 Å². The van der Waals surface area contributed by atoms with Crippen LogP contribution in [0.1, 0.15) is 21.5 Å². The molecule has 41 heavy (non-hydrogen) atoms. The second-order valence-electron chi connectivity index (χ2n) is 9.27. The number of carbonyl (C=O) groups is 1. The van der Waals surface area contributed by atoms with E-state index in [1.807, 2.05) is 19.0 Å². The number of carbonyl (C=O) groups excluding carboxylic acids is 1. The first-order chi connectivity index (χ1) is 19.5. The summed E-state index contributed by atoms with van der Waals surface area (Å²) in [5.41, 5.74) is 1.24. The van der Waals surface area contributed by atoms with Crippen LogP contribution < -0.4 is 20.7 Å². The number of likely N-dealkylation sites (N-methyl/N-ethyl adjacent to an activating group) is 1. The minimum Gasteiger partial charge on any atom is -0.492 e. The highest BCUT2D eigenvalue weighted by molar-refractivity contribution is 6.05. The van der Waals surface area contributed by atoms with Crippen molar-refractivity contribution in [1.29, 1.82) is 0 Å². The van der Waals surface area contributed by atoms with Crippen LogP contribution in [0.15, 0.2) is 48.9 Å². The number of aromatic nitrogens is 4. The number of aryl methyl sites for hydroxylation is 1. The lowest BCUT2D eigenvalue weighted by Gasteiger charge is -2.16. The highest BCUT2D eigenvalue weighted by Gasteiger charge is 2.31. The minimum atomic E-state index is -4.63. The molecule has 2 aromatic carbocycles. The smallest absolute Gasteiger partial charge is 0.416 e. The summed E-state index contributed by atoms with van der Waals surface area (Å²) in [6.07, 6.45) is -1.84. The third-order valence-electron chi connectivity index (χ3n) is 5.81. The Bertz CT molecular complexity index is 1530. The lowest BCUT2D eigenvalue weighted by atomic mass is 10.1. The summed E-state index contributed by atoms with van der Waals surface area (Å²) in [4.78, 5) is 31.8. The number of alkyl halides is 4. The summed E-state index contributed by atoms with van der Waals surface area (Å²) in [5.74, 6) is -0.122. The largest absolute Gasteiger partial charge is 0.492 e. The van der Waals surface area contributed by atoms with Gasteiger partial charge in [-0.2, -0.15) is 13.2 Å². The number of nitrogens with zero attached hydrogens (tertiary/aromatic N) is 5. The van der Waals surface area contributed by atoms with Gasteiger partial charge in [-0.05, 0) is 50.8 Å². The SMILES string of the molecule is Cc1ccc(C(=O)Nc2cc(OCCN(C)C)cc(C(F)(F)F)c2)cc1Nc1ncnc2cnc(NCCF)nc12. The molecule has 0 saturated heterocycles. The molecule has 2 heterocycles. The fourth-order valence-electron chi connectivity index (χ4n) is 3.68. The Hall–Kier alpha value is -4.59. The molecule has 0 radical (unpaired) electrons. The lowest BCUT2D eigenvalue weighted by Crippen LogP contribution is -2.20. The van der Waals surface area contributed by atoms with Crippen molar-refractivity contribution in [3.8, 4) is 5.75 Å². The molecule has 0 aliphatic heterocycles. The molecule has 0 bridgehead atoms. The standard InChI is InChI=1S/C27H28F4N8O2/c1-16-4-5-17(10-21(16)37-24-23-22(34-15-35-24)14-33-26(38-23)32-7-6-28)25(40)36-19-11-18(27(29,30)31)12-20(13-19)41-9-8-39(2)3/h4-5,10-15H,6-9H2,1-3H3,(H,36,40)(H,32,33,38)(H,34,35,37). The molecule has 3 N–H and O–H groups in total. The average molecular weight is 573 g/mol. The molecule has 4 rings (SSSR count). The number of benzene rings is 2. The molecule has 0 fully saturated rings. The van der Waals surface area contributed by atoms with Crippen LogP contribution in [-0.4, -0.2) is 71.2 Å². The number of rotatable bonds is 11. The number of fused-ring (bicyclic) bond motifs is 1. The Morgan fingerprint density at radius 3 is 2.61 bits per heavy atom. The normalized spacial score (nSPS) is 11.5. The van der Waals surface area contributed by atoms with Gasteiger partial charge in [-0.3, -0.25) is 4.79 Å². The molecule has 1 amide bonds. The molecule has 216 valence electrons. The average Bonchev–Trinajstić information content (AvgIpc) is 2.92. The molecule has 0 spiro atoms. The zero-order chi connectivity index (χ0) is 29.6. The van der Waals surface area contributed by atoms with E-state index in [1.165, 1.54) is 18.6 Å². The van der Waals surface area contributed by atoms with Gasteiger partial charge in [0.1, 0.15) is 36.4 Å². The quantitative estimate of drug-likeness (QED) is 0.212. The first kappa shape index (κ1) is 29.4. The van der Waals surface area contributed by atoms with Gasteiger partial charge < -0.3 is 25.6 Å². The van der Waals surface area contributed by atoms with Crippen LogP contribution in [0.4, 0.5) is 40.7 Å². The van der Waals surface area contributed by atoms with Crippen molar-refractivity contribution in [1.82, 2.24) is 24.8 Å². The number of hydrogen-bond donors (Lipinski definition) is 3. The zero-order valence-electron chi connectivity index (χ0n) is 22.5. The van der Waals surface area contributed by atoms with Crippen molar-refractivity contribution < 1.29 is 27.1 Å². The molecule has 0 aliphatic carbocycles. The summed E-state index contributed by atoms with van der Waals surface area (Å²) < 4.78 is 58.7. The third kappa shape index (κ3) is 7.75. The van der Waals surface area contributed by atoms with Crippen LogP contribution in [0.3, 0.4) is 0 Å². The van der Waals surface area contributed by atoms with E-state index in [9.17, 15) is 22.4 Å². The van der Waals surface area contributed by atoms with Gasteiger partial charge in [0, 0.05) is 36.1 Å². The van der Waals surface area contributed by atoms with E-state index in [2.05, 4.69) is 35.9 Å². The minimum absolute atomic E-state index is 0.0127. The van der Waals surface area contributed by atoms with E-state index in [0.29, 0.717) is 29.1 Å². The maximum Gasteiger partial charge on any atom is 0.416 e. The number of ether oxygens (including phenoxy) is 1. The molecular weight excluding hydrogens is 544 g/mol. The van der Waals surface area contributed by atoms with Gasteiger partial charge in [0.25, 0.3) is 5.91 Å². The summed E-state index contributed by atoms with van der Waals surface area (Å²) >= 11 is 0. The highest BCUT2D eigenvalue weighted by atomic mass is 19.4. The van der Waals surface area contributed by atoms with Gasteiger partial charge in [-0.1, -0.05) is 6.07 Å². The Morgan fingerprint density at radius 2 is 1.88 bits per heavy atom. The first-order valence-electron chi connectivity index (χ1n) is 12.5. The molecule has 4 aromatic rings. The van der Waals surface area contributed by atoms with Gasteiger partial charge in [0.15, 0.2) is 5.82 Å². The van der Waals surface area contributed by atoms with Crippen LogP contribution in [0.5, 0.6) is 5.75 Å². The predicted octanol–water partition coefficient (Wildman–Crippen LogP) is 5.06. The fraction of sp³-hybridized carbons (Fsp3) is 0.296. The van der Waals surface area contributed by atoms with E-state index in [-0.39, 0.29) is 36.1 Å². The van der Waals surface area contributed by atoms with Gasteiger partial charge in [0.2, 0.25) is 5.95 Å². The molecule has 10 nitrogen and oxygen atoms in total. The maximum absolute atomic E-state index is 13.5. The zero-order valence-corrected chi connectivity index (χ0v) is 22.5. The Balaban J connectivity index is 1.58. The van der Waals surface area contributed by atoms with Crippen molar-refractivity contribution in [2.75, 3.05) is 56.4 Å². The predicted molar refractivity (Wildman–Crippen MR) is 148 cm³/mol. The van der Waals surface area contributed by atoms with Crippen LogP contribution in [0, 0.1) is 6.92 Å². The number of nitrogens with one attached hydrogen (secondary N) is 3. The maximum atomic E-state index is 13.5. The first-order valence-corrected chi connectivity index (χ1v) is 12.5. The third-order valence-corrected chi connectivity index (χ3v) is 5.81. The number of anilines is 4. The van der Waals surface area contributed by atoms with Crippen LogP contribution in [-0.2, 0) is 6.18 Å². The molecule has 0 unspecified atom stereocenters. The molecule has 0 aliphatic rings. The molecule has 2 aromatic heterocycles. The fourth-order valence-corrected chi connectivity index (χ4v) is 3.68. The van der Waals surface area contributed by atoms with Crippen molar-refractivity contribution in [2.45, 2.75) is 13.1 Å². The highest BCUT2D eigenvalue weighted by Crippen LogP contribution is 2.34. The number of hydrogen-bond acceptors (Lipinski definition) is 9. The van der Waals surface area contributed by atoms with E-state index in [1.54, 1.807) is 25.1 Å².